The van der Waals surface area contributed by atoms with Crippen molar-refractivity contribution in [3.63, 3.8) is 0 Å². The average Bonchev–Trinajstić information content (AvgIpc) is 3.06. The molecule has 1 aromatic heterocycles. The van der Waals surface area contributed by atoms with Crippen LogP contribution in [0, 0.1) is 5.92 Å². The van der Waals surface area contributed by atoms with Crippen LogP contribution in [0.25, 0.3) is 11.0 Å². The van der Waals surface area contributed by atoms with Crippen molar-refractivity contribution in [2.24, 2.45) is 11.7 Å². The second kappa shape index (κ2) is 6.18. The van der Waals surface area contributed by atoms with E-state index in [0.29, 0.717) is 18.0 Å². The Morgan fingerprint density at radius 1 is 1.24 bits per heavy atom. The van der Waals surface area contributed by atoms with Gasteiger partial charge in [0.2, 0.25) is 0 Å². The molecule has 1 aliphatic rings. The molecule has 1 fully saturated rings. The zero-order valence-electron chi connectivity index (χ0n) is 12.0. The number of nitrogens with two attached hydrogens (primary N) is 1. The lowest BCUT2D eigenvalue weighted by molar-refractivity contribution is 0.0924. The summed E-state index contributed by atoms with van der Waals surface area (Å²) in [6, 6.07) is 5.45. The highest BCUT2D eigenvalue weighted by atomic mass is 16.1. The van der Waals surface area contributed by atoms with Gasteiger partial charge in [0.25, 0.3) is 5.91 Å². The molecule has 3 rings (SSSR count). The van der Waals surface area contributed by atoms with Gasteiger partial charge in [0.15, 0.2) is 0 Å². The van der Waals surface area contributed by atoms with E-state index in [9.17, 15) is 4.79 Å². The molecule has 5 heteroatoms. The lowest BCUT2D eigenvalue weighted by atomic mass is 9.98. The number of nitrogens with one attached hydrogen (secondary N) is 1. The minimum Gasteiger partial charge on any atom is -0.348 e. The monoisotopic (exact) mass is 284 g/mol. The fourth-order valence-electron chi connectivity index (χ4n) is 3.09. The molecule has 110 valence electrons. The van der Waals surface area contributed by atoms with Gasteiger partial charge in [0.1, 0.15) is 0 Å². The summed E-state index contributed by atoms with van der Waals surface area (Å²) in [6.45, 7) is 0.490. The molecule has 1 unspecified atom stereocenters. The van der Waals surface area contributed by atoms with Crippen LogP contribution in [0.2, 0.25) is 0 Å². The van der Waals surface area contributed by atoms with Gasteiger partial charge in [-0.15, -0.1) is 0 Å². The van der Waals surface area contributed by atoms with E-state index < -0.39 is 0 Å². The topological polar surface area (TPSA) is 80.9 Å². The van der Waals surface area contributed by atoms with Crippen LogP contribution in [0.1, 0.15) is 36.0 Å². The molecule has 21 heavy (non-hydrogen) atoms. The summed E-state index contributed by atoms with van der Waals surface area (Å²) in [5.41, 5.74) is 7.97. The molecule has 1 atom stereocenters. The summed E-state index contributed by atoms with van der Waals surface area (Å²) in [5, 5.41) is 3.08. The number of rotatable bonds is 4. The largest absolute Gasteiger partial charge is 0.348 e. The standard InChI is InChI=1S/C16H20N4O/c17-10-15(11-3-1-2-4-11)20-16(21)12-5-6-13-14(9-12)19-8-7-18-13/h5-9,11,15H,1-4,10,17H2,(H,20,21). The molecule has 1 aliphatic carbocycles. The summed E-state index contributed by atoms with van der Waals surface area (Å²) in [6.07, 6.45) is 8.07. The first-order chi connectivity index (χ1) is 10.3. The number of hydrogen-bond acceptors (Lipinski definition) is 4. The van der Waals surface area contributed by atoms with Crippen LogP contribution < -0.4 is 11.1 Å². The fourth-order valence-corrected chi connectivity index (χ4v) is 3.09. The van der Waals surface area contributed by atoms with Crippen LogP contribution in [0.15, 0.2) is 30.6 Å². The van der Waals surface area contributed by atoms with Gasteiger partial charge in [-0.25, -0.2) is 0 Å². The zero-order chi connectivity index (χ0) is 14.7. The first-order valence-corrected chi connectivity index (χ1v) is 7.49. The normalized spacial score (nSPS) is 17.0. The molecule has 0 bridgehead atoms. The van der Waals surface area contributed by atoms with Crippen LogP contribution in [-0.4, -0.2) is 28.5 Å². The second-order valence-corrected chi connectivity index (χ2v) is 5.62. The van der Waals surface area contributed by atoms with Crippen LogP contribution >= 0.6 is 0 Å². The third-order valence-electron chi connectivity index (χ3n) is 4.27. The highest BCUT2D eigenvalue weighted by molar-refractivity contribution is 5.97. The number of aromatic nitrogens is 2. The van der Waals surface area contributed by atoms with Gasteiger partial charge in [0.05, 0.1) is 11.0 Å². The van der Waals surface area contributed by atoms with Crippen LogP contribution in [0.3, 0.4) is 0 Å². The third kappa shape index (κ3) is 3.03. The number of carbonyl (C=O) groups is 1. The number of nitrogens with zero attached hydrogens (tertiary/aromatic N) is 2. The van der Waals surface area contributed by atoms with Crippen molar-refractivity contribution in [3.05, 3.63) is 36.2 Å². The molecule has 1 heterocycles. The Hall–Kier alpha value is -2.01. The molecule has 0 spiro atoms. The van der Waals surface area contributed by atoms with E-state index >= 15 is 0 Å². The molecule has 1 saturated carbocycles. The predicted octanol–water partition coefficient (Wildman–Crippen LogP) is 1.88. The smallest absolute Gasteiger partial charge is 0.251 e. The SMILES string of the molecule is NCC(NC(=O)c1ccc2nccnc2c1)C1CCCC1. The van der Waals surface area contributed by atoms with Crippen molar-refractivity contribution in [1.29, 1.82) is 0 Å². The number of fused-ring (bicyclic) bond motifs is 1. The number of carbonyl (C=O) groups excluding carboxylic acids is 1. The number of benzene rings is 1. The van der Waals surface area contributed by atoms with Gasteiger partial charge in [0, 0.05) is 30.5 Å². The van der Waals surface area contributed by atoms with Gasteiger partial charge in [-0.1, -0.05) is 12.8 Å². The molecule has 3 N–H and O–H groups in total. The Kier molecular flexibility index (Phi) is 4.10. The van der Waals surface area contributed by atoms with Crippen molar-refractivity contribution < 1.29 is 4.79 Å². The van der Waals surface area contributed by atoms with E-state index in [1.54, 1.807) is 24.5 Å². The van der Waals surface area contributed by atoms with E-state index in [4.69, 9.17) is 5.73 Å². The second-order valence-electron chi connectivity index (χ2n) is 5.62. The first-order valence-electron chi connectivity index (χ1n) is 7.49. The summed E-state index contributed by atoms with van der Waals surface area (Å²) < 4.78 is 0. The highest BCUT2D eigenvalue weighted by Gasteiger charge is 2.25. The predicted molar refractivity (Wildman–Crippen MR) is 81.8 cm³/mol. The Morgan fingerprint density at radius 3 is 2.67 bits per heavy atom. The molecular weight excluding hydrogens is 264 g/mol. The summed E-state index contributed by atoms with van der Waals surface area (Å²) in [4.78, 5) is 20.8. The fraction of sp³-hybridized carbons (Fsp3) is 0.438. The first kappa shape index (κ1) is 13.9. The molecule has 1 aromatic carbocycles. The van der Waals surface area contributed by atoms with Crippen LogP contribution in [0.5, 0.6) is 0 Å². The van der Waals surface area contributed by atoms with Crippen molar-refractivity contribution in [2.75, 3.05) is 6.54 Å². The molecule has 0 aliphatic heterocycles. The average molecular weight is 284 g/mol. The number of hydrogen-bond donors (Lipinski definition) is 2. The van der Waals surface area contributed by atoms with Crippen LogP contribution in [-0.2, 0) is 0 Å². The Morgan fingerprint density at radius 2 is 1.95 bits per heavy atom. The van der Waals surface area contributed by atoms with Crippen LogP contribution in [0.4, 0.5) is 0 Å². The van der Waals surface area contributed by atoms with Gasteiger partial charge in [-0.3, -0.25) is 14.8 Å². The third-order valence-corrected chi connectivity index (χ3v) is 4.27. The molecule has 1 amide bonds. The Bertz CT molecular complexity index is 637. The molecular formula is C16H20N4O. The van der Waals surface area contributed by atoms with E-state index in [1.807, 2.05) is 6.07 Å². The quantitative estimate of drug-likeness (QED) is 0.898. The molecule has 0 radical (unpaired) electrons. The van der Waals surface area contributed by atoms with E-state index in [2.05, 4.69) is 15.3 Å². The van der Waals surface area contributed by atoms with E-state index in [1.165, 1.54) is 12.8 Å². The summed E-state index contributed by atoms with van der Waals surface area (Å²) in [7, 11) is 0. The zero-order valence-corrected chi connectivity index (χ0v) is 12.0. The van der Waals surface area contributed by atoms with Crippen molar-refractivity contribution >= 4 is 16.9 Å². The molecule has 0 saturated heterocycles. The van der Waals surface area contributed by atoms with Crippen molar-refractivity contribution in [1.82, 2.24) is 15.3 Å². The minimum atomic E-state index is -0.0788. The maximum atomic E-state index is 12.4. The number of amides is 1. The summed E-state index contributed by atoms with van der Waals surface area (Å²) >= 11 is 0. The van der Waals surface area contributed by atoms with Gasteiger partial charge < -0.3 is 11.1 Å². The maximum Gasteiger partial charge on any atom is 0.251 e. The lowest BCUT2D eigenvalue weighted by Crippen LogP contribution is -2.44. The van der Waals surface area contributed by atoms with Gasteiger partial charge in [-0.05, 0) is 37.0 Å². The van der Waals surface area contributed by atoms with Gasteiger partial charge >= 0.3 is 0 Å². The van der Waals surface area contributed by atoms with Gasteiger partial charge in [-0.2, -0.15) is 0 Å². The Labute approximate surface area is 124 Å². The lowest BCUT2D eigenvalue weighted by Gasteiger charge is -2.23. The Balaban J connectivity index is 1.76. The molecule has 5 nitrogen and oxygen atoms in total. The minimum absolute atomic E-state index is 0.0672. The van der Waals surface area contributed by atoms with E-state index in [0.717, 1.165) is 23.9 Å². The maximum absolute atomic E-state index is 12.4. The van der Waals surface area contributed by atoms with Crippen molar-refractivity contribution in [2.45, 2.75) is 31.7 Å². The highest BCUT2D eigenvalue weighted by Crippen LogP contribution is 2.27. The van der Waals surface area contributed by atoms with Crippen molar-refractivity contribution in [3.8, 4) is 0 Å². The summed E-state index contributed by atoms with van der Waals surface area (Å²) in [5.74, 6) is 0.434. The van der Waals surface area contributed by atoms with E-state index in [-0.39, 0.29) is 11.9 Å². The molecule has 2 aromatic rings.